The minimum absolute atomic E-state index is 0.676. The van der Waals surface area contributed by atoms with Crippen LogP contribution in [0.25, 0.3) is 0 Å². The molecule has 1 fully saturated rings. The summed E-state index contributed by atoms with van der Waals surface area (Å²) in [6.07, 6.45) is 5.62. The van der Waals surface area contributed by atoms with Crippen molar-refractivity contribution < 1.29 is 0 Å². The zero-order chi connectivity index (χ0) is 10.6. The summed E-state index contributed by atoms with van der Waals surface area (Å²) in [5.74, 6) is 0.735. The van der Waals surface area contributed by atoms with Crippen LogP contribution in [0.5, 0.6) is 0 Å². The van der Waals surface area contributed by atoms with Crippen molar-refractivity contribution in [2.45, 2.75) is 51.6 Å². The monoisotopic (exact) mass is 198 g/mol. The Morgan fingerprint density at radius 1 is 1.21 bits per heavy atom. The van der Waals surface area contributed by atoms with Crippen molar-refractivity contribution in [3.05, 3.63) is 0 Å². The van der Waals surface area contributed by atoms with Gasteiger partial charge in [-0.3, -0.25) is 0 Å². The zero-order valence-electron chi connectivity index (χ0n) is 10.2. The number of nitrogens with one attached hydrogen (secondary N) is 1. The average Bonchev–Trinajstić information content (AvgIpc) is 2.55. The molecule has 0 aromatic carbocycles. The van der Waals surface area contributed by atoms with E-state index >= 15 is 0 Å². The molecule has 0 spiro atoms. The van der Waals surface area contributed by atoms with Crippen LogP contribution < -0.4 is 5.32 Å². The molecule has 0 saturated heterocycles. The topological polar surface area (TPSA) is 15.3 Å². The van der Waals surface area contributed by atoms with E-state index in [1.54, 1.807) is 0 Å². The molecule has 0 aromatic heterocycles. The molecule has 2 heteroatoms. The third-order valence-corrected chi connectivity index (χ3v) is 3.40. The Hall–Kier alpha value is -0.0800. The van der Waals surface area contributed by atoms with Crippen LogP contribution >= 0.6 is 0 Å². The van der Waals surface area contributed by atoms with E-state index in [1.165, 1.54) is 25.7 Å². The van der Waals surface area contributed by atoms with Gasteiger partial charge >= 0.3 is 0 Å². The summed E-state index contributed by atoms with van der Waals surface area (Å²) < 4.78 is 0. The van der Waals surface area contributed by atoms with Crippen LogP contribution in [0.4, 0.5) is 0 Å². The molecular formula is C12H26N2. The summed E-state index contributed by atoms with van der Waals surface area (Å²) in [6, 6.07) is 1.48. The van der Waals surface area contributed by atoms with Gasteiger partial charge in [-0.15, -0.1) is 0 Å². The van der Waals surface area contributed by atoms with Gasteiger partial charge in [0.2, 0.25) is 0 Å². The Balaban J connectivity index is 2.25. The first-order valence-corrected chi connectivity index (χ1v) is 6.01. The largest absolute Gasteiger partial charge is 0.312 e. The van der Waals surface area contributed by atoms with Gasteiger partial charge in [-0.05, 0) is 32.9 Å². The quantitative estimate of drug-likeness (QED) is 0.728. The normalized spacial score (nSPS) is 21.0. The van der Waals surface area contributed by atoms with Gasteiger partial charge in [-0.2, -0.15) is 0 Å². The fourth-order valence-corrected chi connectivity index (χ4v) is 2.43. The third kappa shape index (κ3) is 3.58. The highest BCUT2D eigenvalue weighted by atomic mass is 15.1. The molecule has 84 valence electrons. The molecule has 0 amide bonds. The molecule has 0 aliphatic heterocycles. The second-order valence-corrected chi connectivity index (χ2v) is 5.16. The maximum Gasteiger partial charge on any atom is 0.0237 e. The molecule has 1 rings (SSSR count). The van der Waals surface area contributed by atoms with Crippen molar-refractivity contribution in [2.24, 2.45) is 5.92 Å². The number of hydrogen-bond donors (Lipinski definition) is 1. The van der Waals surface area contributed by atoms with Crippen LogP contribution in [0.1, 0.15) is 39.5 Å². The van der Waals surface area contributed by atoms with Crippen LogP contribution in [-0.4, -0.2) is 37.6 Å². The number of rotatable bonds is 5. The lowest BCUT2D eigenvalue weighted by molar-refractivity contribution is 0.218. The molecule has 1 aliphatic carbocycles. The molecule has 1 aliphatic rings. The second-order valence-electron chi connectivity index (χ2n) is 5.16. The lowest BCUT2D eigenvalue weighted by Crippen LogP contribution is -2.44. The van der Waals surface area contributed by atoms with Crippen LogP contribution in [-0.2, 0) is 0 Å². The molecule has 1 N–H and O–H groups in total. The Labute approximate surface area is 89.1 Å². The van der Waals surface area contributed by atoms with Gasteiger partial charge in [-0.1, -0.05) is 26.7 Å². The Kier molecular flexibility index (Phi) is 4.90. The molecule has 14 heavy (non-hydrogen) atoms. The predicted molar refractivity (Wildman–Crippen MR) is 62.6 cm³/mol. The van der Waals surface area contributed by atoms with Gasteiger partial charge in [0.1, 0.15) is 0 Å². The highest BCUT2D eigenvalue weighted by molar-refractivity contribution is 4.79. The molecule has 0 heterocycles. The van der Waals surface area contributed by atoms with E-state index in [0.717, 1.165) is 18.5 Å². The summed E-state index contributed by atoms with van der Waals surface area (Å²) in [5, 5.41) is 3.70. The first-order valence-electron chi connectivity index (χ1n) is 6.01. The second kappa shape index (κ2) is 5.72. The summed E-state index contributed by atoms with van der Waals surface area (Å²) in [5.41, 5.74) is 0. The van der Waals surface area contributed by atoms with Crippen molar-refractivity contribution in [3.8, 4) is 0 Å². The maximum atomic E-state index is 3.70. The fourth-order valence-electron chi connectivity index (χ4n) is 2.43. The van der Waals surface area contributed by atoms with Crippen LogP contribution in [0.3, 0.4) is 0 Å². The minimum atomic E-state index is 0.676. The summed E-state index contributed by atoms with van der Waals surface area (Å²) in [4.78, 5) is 2.34. The number of likely N-dealkylation sites (N-methyl/N-ethyl adjacent to an activating group) is 1. The molecule has 0 bridgehead atoms. The Bertz CT molecular complexity index is 140. The van der Waals surface area contributed by atoms with E-state index in [2.05, 4.69) is 38.2 Å². The van der Waals surface area contributed by atoms with Gasteiger partial charge in [0.15, 0.2) is 0 Å². The zero-order valence-corrected chi connectivity index (χ0v) is 10.2. The van der Waals surface area contributed by atoms with Gasteiger partial charge in [-0.25, -0.2) is 0 Å². The van der Waals surface area contributed by atoms with Crippen molar-refractivity contribution in [3.63, 3.8) is 0 Å². The third-order valence-electron chi connectivity index (χ3n) is 3.40. The van der Waals surface area contributed by atoms with Gasteiger partial charge in [0, 0.05) is 18.6 Å². The molecule has 1 atom stereocenters. The average molecular weight is 198 g/mol. The van der Waals surface area contributed by atoms with Crippen molar-refractivity contribution in [1.82, 2.24) is 10.2 Å². The van der Waals surface area contributed by atoms with Gasteiger partial charge in [0.25, 0.3) is 0 Å². The van der Waals surface area contributed by atoms with E-state index in [-0.39, 0.29) is 0 Å². The first kappa shape index (κ1) is 12.0. The van der Waals surface area contributed by atoms with Crippen molar-refractivity contribution >= 4 is 0 Å². The van der Waals surface area contributed by atoms with E-state index in [9.17, 15) is 0 Å². The summed E-state index contributed by atoms with van der Waals surface area (Å²) >= 11 is 0. The molecule has 2 nitrogen and oxygen atoms in total. The Morgan fingerprint density at radius 2 is 1.79 bits per heavy atom. The predicted octanol–water partition coefficient (Wildman–Crippen LogP) is 2.10. The lowest BCUT2D eigenvalue weighted by atomic mass is 10.0. The van der Waals surface area contributed by atoms with Crippen molar-refractivity contribution in [1.29, 1.82) is 0 Å². The molecular weight excluding hydrogens is 172 g/mol. The first-order chi connectivity index (χ1) is 6.61. The van der Waals surface area contributed by atoms with E-state index in [4.69, 9.17) is 0 Å². The lowest BCUT2D eigenvalue weighted by Gasteiger charge is -2.29. The molecule has 1 saturated carbocycles. The van der Waals surface area contributed by atoms with Crippen LogP contribution in [0.2, 0.25) is 0 Å². The summed E-state index contributed by atoms with van der Waals surface area (Å²) in [7, 11) is 4.36. The number of hydrogen-bond acceptors (Lipinski definition) is 2. The summed E-state index contributed by atoms with van der Waals surface area (Å²) in [6.45, 7) is 5.76. The van der Waals surface area contributed by atoms with E-state index < -0.39 is 0 Å². The van der Waals surface area contributed by atoms with Crippen LogP contribution in [0.15, 0.2) is 0 Å². The Morgan fingerprint density at radius 3 is 2.21 bits per heavy atom. The fraction of sp³-hybridized carbons (Fsp3) is 1.00. The molecule has 0 radical (unpaired) electrons. The van der Waals surface area contributed by atoms with Gasteiger partial charge < -0.3 is 10.2 Å². The standard InChI is InChI=1S/C12H26N2/c1-10(2)12(14(3)4)9-13-11-7-5-6-8-11/h10-13H,5-9H2,1-4H3. The van der Waals surface area contributed by atoms with Crippen LogP contribution in [0, 0.1) is 5.92 Å². The van der Waals surface area contributed by atoms with Gasteiger partial charge in [0.05, 0.1) is 0 Å². The van der Waals surface area contributed by atoms with Crippen molar-refractivity contribution in [2.75, 3.05) is 20.6 Å². The smallest absolute Gasteiger partial charge is 0.0237 e. The highest BCUT2D eigenvalue weighted by Gasteiger charge is 2.19. The highest BCUT2D eigenvalue weighted by Crippen LogP contribution is 2.18. The van der Waals surface area contributed by atoms with E-state index in [1.807, 2.05) is 0 Å². The number of nitrogens with zero attached hydrogens (tertiary/aromatic N) is 1. The molecule has 0 aromatic rings. The van der Waals surface area contributed by atoms with E-state index in [0.29, 0.717) is 6.04 Å². The maximum absolute atomic E-state index is 3.70. The minimum Gasteiger partial charge on any atom is -0.312 e. The SMILES string of the molecule is CC(C)C(CNC1CCCC1)N(C)C. The molecule has 1 unspecified atom stereocenters.